The van der Waals surface area contributed by atoms with Crippen molar-refractivity contribution in [2.24, 2.45) is 0 Å². The van der Waals surface area contributed by atoms with Gasteiger partial charge in [0, 0.05) is 0 Å². The normalized spacial score (nSPS) is 24.1. The van der Waals surface area contributed by atoms with E-state index in [9.17, 15) is 13.0 Å². The average molecular weight is 354 g/mol. The summed E-state index contributed by atoms with van der Waals surface area (Å²) in [7, 11) is -2.33. The molecule has 3 nitrogen and oxygen atoms in total. The van der Waals surface area contributed by atoms with Gasteiger partial charge < -0.3 is 0 Å². The fourth-order valence-corrected chi connectivity index (χ4v) is 9.69. The van der Waals surface area contributed by atoms with Crippen molar-refractivity contribution < 1.29 is 13.0 Å². The van der Waals surface area contributed by atoms with Crippen LogP contribution in [0.15, 0.2) is 0 Å². The molecule has 2 unspecified atom stereocenters. The molecule has 130 valence electrons. The molecule has 23 heavy (non-hydrogen) atoms. The van der Waals surface area contributed by atoms with Gasteiger partial charge in [-0.2, -0.15) is 0 Å². The Labute approximate surface area is 157 Å². The second kappa shape index (κ2) is 10.2. The quantitative estimate of drug-likeness (QED) is 0.453. The van der Waals surface area contributed by atoms with Crippen LogP contribution in [-0.2, 0) is 10.1 Å². The first-order chi connectivity index (χ1) is 10.4. The Morgan fingerprint density at radius 2 is 1.39 bits per heavy atom. The van der Waals surface area contributed by atoms with Crippen LogP contribution in [0.5, 0.6) is 0 Å². The van der Waals surface area contributed by atoms with E-state index >= 15 is 0 Å². The van der Waals surface area contributed by atoms with Crippen molar-refractivity contribution >= 4 is 44.7 Å². The van der Waals surface area contributed by atoms with E-state index in [1.807, 2.05) is 0 Å². The topological polar surface area (TPSA) is 54.4 Å². The molecule has 0 bridgehead atoms. The fourth-order valence-electron chi connectivity index (χ4n) is 4.50. The monoisotopic (exact) mass is 354 g/mol. The first-order valence-corrected chi connectivity index (χ1v) is 12.2. The molecule has 0 aliphatic heterocycles. The third-order valence-corrected chi connectivity index (χ3v) is 10.8. The van der Waals surface area contributed by atoms with Gasteiger partial charge in [-0.15, -0.1) is 0 Å². The van der Waals surface area contributed by atoms with Crippen LogP contribution in [0.25, 0.3) is 0 Å². The first kappa shape index (κ1) is 22.0. The maximum absolute atomic E-state index is 11.4. The third kappa shape index (κ3) is 6.67. The van der Waals surface area contributed by atoms with Crippen LogP contribution in [0, 0.1) is 0 Å². The van der Waals surface area contributed by atoms with E-state index in [2.05, 4.69) is 6.92 Å². The molecule has 7 heteroatoms. The van der Waals surface area contributed by atoms with Crippen LogP contribution in [0.2, 0.25) is 0 Å². The Balaban J connectivity index is 0.00000264. The van der Waals surface area contributed by atoms with Crippen molar-refractivity contribution in [3.63, 3.8) is 0 Å². The molecule has 0 spiro atoms. The molecule has 1 N–H and O–H groups in total. The Morgan fingerprint density at radius 3 is 1.74 bits per heavy atom. The summed E-state index contributed by atoms with van der Waals surface area (Å²) < 4.78 is 32.1. The molecular weight excluding hydrogens is 321 g/mol. The van der Waals surface area contributed by atoms with Gasteiger partial charge >= 0.3 is 18.9 Å². The summed E-state index contributed by atoms with van der Waals surface area (Å²) in [5, 5.41) is -0.611. The SMILES string of the molecule is BC(CC(C)P(C1CCCCC1)C1CCCCC1)S(=O)(=O)O.[LiH]. The van der Waals surface area contributed by atoms with Gasteiger partial charge in [0.1, 0.15) is 7.85 Å². The van der Waals surface area contributed by atoms with Crippen molar-refractivity contribution in [1.82, 2.24) is 0 Å². The van der Waals surface area contributed by atoms with E-state index in [0.29, 0.717) is 12.1 Å². The van der Waals surface area contributed by atoms with Gasteiger partial charge in [-0.3, -0.25) is 4.55 Å². The van der Waals surface area contributed by atoms with E-state index in [1.54, 1.807) is 7.85 Å². The summed E-state index contributed by atoms with van der Waals surface area (Å²) in [6.07, 6.45) is 14.2. The molecule has 0 aromatic carbocycles. The van der Waals surface area contributed by atoms with Crippen molar-refractivity contribution in [2.45, 2.75) is 99.7 Å². The minimum absolute atomic E-state index is 0. The molecule has 0 radical (unpaired) electrons. The molecule has 2 rings (SSSR count). The van der Waals surface area contributed by atoms with Gasteiger partial charge in [0.2, 0.25) is 0 Å². The summed E-state index contributed by atoms with van der Waals surface area (Å²) >= 11 is 0. The third-order valence-electron chi connectivity index (χ3n) is 5.68. The van der Waals surface area contributed by atoms with E-state index < -0.39 is 15.3 Å². The van der Waals surface area contributed by atoms with Crippen molar-refractivity contribution in [3.05, 3.63) is 0 Å². The first-order valence-electron chi connectivity index (χ1n) is 9.13. The molecule has 0 aromatic rings. The van der Waals surface area contributed by atoms with Gasteiger partial charge in [0.05, 0.1) is 5.15 Å². The van der Waals surface area contributed by atoms with E-state index in [1.165, 1.54) is 64.2 Å². The Hall–Kier alpha value is 1.00. The molecule has 0 heterocycles. The summed E-state index contributed by atoms with van der Waals surface area (Å²) in [5.74, 6) is 0. The van der Waals surface area contributed by atoms with Gasteiger partial charge in [-0.1, -0.05) is 53.4 Å². The Morgan fingerprint density at radius 1 is 1.00 bits per heavy atom. The Kier molecular flexibility index (Phi) is 9.80. The second-order valence-electron chi connectivity index (χ2n) is 7.44. The summed E-state index contributed by atoms with van der Waals surface area (Å²) in [6.45, 7) is 2.26. The minimum atomic E-state index is -3.88. The van der Waals surface area contributed by atoms with E-state index in [4.69, 9.17) is 0 Å². The summed E-state index contributed by atoms with van der Waals surface area (Å²) in [5.41, 5.74) is 2.14. The van der Waals surface area contributed by atoms with Crippen molar-refractivity contribution in [3.8, 4) is 0 Å². The average Bonchev–Trinajstić information content (AvgIpc) is 2.48. The van der Waals surface area contributed by atoms with E-state index in [-0.39, 0.29) is 26.8 Å². The van der Waals surface area contributed by atoms with Crippen LogP contribution in [0.4, 0.5) is 0 Å². The molecule has 2 fully saturated rings. The van der Waals surface area contributed by atoms with Gasteiger partial charge in [-0.05, 0) is 49.1 Å². The van der Waals surface area contributed by atoms with Gasteiger partial charge in [0.25, 0.3) is 10.1 Å². The van der Waals surface area contributed by atoms with Crippen molar-refractivity contribution in [1.29, 1.82) is 0 Å². The second-order valence-corrected chi connectivity index (χ2v) is 12.5. The predicted molar refractivity (Wildman–Crippen MR) is 106 cm³/mol. The zero-order chi connectivity index (χ0) is 16.2. The maximum atomic E-state index is 11.4. The number of hydrogen-bond acceptors (Lipinski definition) is 2. The molecular formula is C16H33BLiO3PS. The summed E-state index contributed by atoms with van der Waals surface area (Å²) in [4.78, 5) is 0. The zero-order valence-corrected chi connectivity index (χ0v) is 15.9. The molecule has 2 atom stereocenters. The zero-order valence-electron chi connectivity index (χ0n) is 14.2. The van der Waals surface area contributed by atoms with Crippen LogP contribution >= 0.6 is 7.92 Å². The predicted octanol–water partition coefficient (Wildman–Crippen LogP) is 3.11. The molecule has 0 aromatic heterocycles. The summed E-state index contributed by atoms with van der Waals surface area (Å²) in [6, 6.07) is 0. The van der Waals surface area contributed by atoms with Gasteiger partial charge in [0.15, 0.2) is 0 Å². The fraction of sp³-hybridized carbons (Fsp3) is 1.00. The van der Waals surface area contributed by atoms with Crippen LogP contribution in [-0.4, -0.2) is 61.8 Å². The molecule has 2 aliphatic carbocycles. The standard InChI is InChI=1S/C16H32BO3PS.Li.H/c1-13(12-16(17)22(18,19)20)21(14-8-4-2-5-9-14)15-10-6-3-7-11-15;;/h13-16H,2-12,17H2,1H3,(H,18,19,20);;. The van der Waals surface area contributed by atoms with Crippen LogP contribution in [0.1, 0.15) is 77.6 Å². The molecule has 0 amide bonds. The number of hydrogen-bond donors (Lipinski definition) is 1. The van der Waals surface area contributed by atoms with Gasteiger partial charge in [-0.25, -0.2) is 8.42 Å². The Bertz CT molecular complexity index is 419. The molecule has 2 aliphatic rings. The number of rotatable bonds is 6. The van der Waals surface area contributed by atoms with Crippen LogP contribution < -0.4 is 0 Å². The van der Waals surface area contributed by atoms with E-state index in [0.717, 1.165) is 11.3 Å². The molecule has 0 saturated heterocycles. The van der Waals surface area contributed by atoms with Crippen molar-refractivity contribution in [2.75, 3.05) is 0 Å². The van der Waals surface area contributed by atoms with Crippen LogP contribution in [0.3, 0.4) is 0 Å². The molecule has 2 saturated carbocycles.